The molecule has 0 fully saturated rings. The van der Waals surface area contributed by atoms with E-state index in [1.54, 1.807) is 21.5 Å². The van der Waals surface area contributed by atoms with Crippen LogP contribution in [0.4, 0.5) is 5.69 Å². The van der Waals surface area contributed by atoms with Gasteiger partial charge in [-0.05, 0) is 25.0 Å². The number of anilines is 1. The molecule has 2 aromatic heterocycles. The summed E-state index contributed by atoms with van der Waals surface area (Å²) in [5.41, 5.74) is 9.26. The Kier molecular flexibility index (Phi) is 3.23. The third-order valence-corrected chi connectivity index (χ3v) is 3.10. The van der Waals surface area contributed by atoms with Crippen molar-refractivity contribution in [2.24, 2.45) is 7.05 Å². The minimum Gasteiger partial charge on any atom is -0.397 e. The van der Waals surface area contributed by atoms with Gasteiger partial charge in [0.25, 0.3) is 5.56 Å². The summed E-state index contributed by atoms with van der Waals surface area (Å²) >= 11 is 0. The zero-order chi connectivity index (χ0) is 13.3. The fourth-order valence-corrected chi connectivity index (χ4v) is 1.88. The second-order valence-electron chi connectivity index (χ2n) is 4.48. The fraction of sp³-hybridized carbons (Fsp3) is 0.385. The molecule has 0 bridgehead atoms. The van der Waals surface area contributed by atoms with Gasteiger partial charge in [-0.25, -0.2) is 0 Å². The number of nitrogen functional groups attached to an aromatic ring is 1. The molecule has 0 aliphatic heterocycles. The maximum absolute atomic E-state index is 11.9. The number of pyridine rings is 1. The van der Waals surface area contributed by atoms with Crippen molar-refractivity contribution in [2.45, 2.75) is 26.8 Å². The van der Waals surface area contributed by atoms with Crippen LogP contribution >= 0.6 is 0 Å². The molecule has 0 atom stereocenters. The van der Waals surface area contributed by atoms with Crippen LogP contribution in [0.15, 0.2) is 23.1 Å². The lowest BCUT2D eigenvalue weighted by atomic mass is 10.2. The molecule has 5 nitrogen and oxygen atoms in total. The van der Waals surface area contributed by atoms with Gasteiger partial charge in [0.1, 0.15) is 0 Å². The summed E-state index contributed by atoms with van der Waals surface area (Å²) in [5.74, 6) is 0. The van der Waals surface area contributed by atoms with Crippen molar-refractivity contribution in [3.63, 3.8) is 0 Å². The highest BCUT2D eigenvalue weighted by Crippen LogP contribution is 2.09. The Balaban J connectivity index is 2.36. The van der Waals surface area contributed by atoms with Crippen molar-refractivity contribution in [3.8, 4) is 0 Å². The van der Waals surface area contributed by atoms with E-state index in [9.17, 15) is 4.79 Å². The van der Waals surface area contributed by atoms with Gasteiger partial charge >= 0.3 is 0 Å². The van der Waals surface area contributed by atoms with Gasteiger partial charge < -0.3 is 10.3 Å². The van der Waals surface area contributed by atoms with Gasteiger partial charge in [-0.1, -0.05) is 6.92 Å². The number of nitrogens with two attached hydrogens (primary N) is 1. The SMILES string of the molecule is CCc1cc(Cn2cc(N)c(C)cc2=O)n(C)n1. The van der Waals surface area contributed by atoms with E-state index in [0.717, 1.165) is 23.4 Å². The summed E-state index contributed by atoms with van der Waals surface area (Å²) in [4.78, 5) is 11.9. The normalized spacial score (nSPS) is 10.8. The third kappa shape index (κ3) is 2.30. The van der Waals surface area contributed by atoms with Crippen molar-refractivity contribution in [3.05, 3.63) is 45.6 Å². The molecule has 5 heteroatoms. The average molecular weight is 246 g/mol. The molecule has 0 aliphatic carbocycles. The van der Waals surface area contributed by atoms with E-state index < -0.39 is 0 Å². The van der Waals surface area contributed by atoms with E-state index in [1.807, 2.05) is 20.0 Å². The van der Waals surface area contributed by atoms with Gasteiger partial charge in [0, 0.05) is 19.3 Å². The topological polar surface area (TPSA) is 65.8 Å². The van der Waals surface area contributed by atoms with Crippen molar-refractivity contribution in [1.29, 1.82) is 0 Å². The smallest absolute Gasteiger partial charge is 0.251 e. The molecular formula is C13H18N4O. The third-order valence-electron chi connectivity index (χ3n) is 3.10. The van der Waals surface area contributed by atoms with Gasteiger partial charge in [-0.3, -0.25) is 9.48 Å². The second-order valence-corrected chi connectivity index (χ2v) is 4.48. The molecule has 0 aromatic carbocycles. The Hall–Kier alpha value is -2.04. The molecule has 2 aromatic rings. The maximum atomic E-state index is 11.9. The number of aryl methyl sites for hydroxylation is 3. The lowest BCUT2D eigenvalue weighted by Crippen LogP contribution is -2.21. The maximum Gasteiger partial charge on any atom is 0.251 e. The molecule has 0 saturated heterocycles. The molecular weight excluding hydrogens is 228 g/mol. The van der Waals surface area contributed by atoms with E-state index in [2.05, 4.69) is 12.0 Å². The Bertz CT molecular complexity index is 624. The van der Waals surface area contributed by atoms with Gasteiger partial charge in [-0.15, -0.1) is 0 Å². The zero-order valence-electron chi connectivity index (χ0n) is 11.0. The molecule has 0 amide bonds. The largest absolute Gasteiger partial charge is 0.397 e. The highest BCUT2D eigenvalue weighted by molar-refractivity contribution is 5.43. The lowest BCUT2D eigenvalue weighted by Gasteiger charge is -2.08. The van der Waals surface area contributed by atoms with Crippen LogP contribution in [0.25, 0.3) is 0 Å². The summed E-state index contributed by atoms with van der Waals surface area (Å²) in [6.45, 7) is 4.38. The monoisotopic (exact) mass is 246 g/mol. The molecule has 0 unspecified atom stereocenters. The Morgan fingerprint density at radius 1 is 1.39 bits per heavy atom. The molecule has 2 heterocycles. The molecule has 0 saturated carbocycles. The quantitative estimate of drug-likeness (QED) is 0.881. The number of rotatable bonds is 3. The molecule has 18 heavy (non-hydrogen) atoms. The van der Waals surface area contributed by atoms with Crippen molar-refractivity contribution in [2.75, 3.05) is 5.73 Å². The first-order chi connectivity index (χ1) is 8.51. The van der Waals surface area contributed by atoms with Crippen molar-refractivity contribution >= 4 is 5.69 Å². The van der Waals surface area contributed by atoms with E-state index in [1.165, 1.54) is 0 Å². The van der Waals surface area contributed by atoms with Crippen LogP contribution in [0.1, 0.15) is 23.9 Å². The van der Waals surface area contributed by atoms with Gasteiger partial charge in [0.05, 0.1) is 23.6 Å². The van der Waals surface area contributed by atoms with Gasteiger partial charge in [0.2, 0.25) is 0 Å². The highest BCUT2D eigenvalue weighted by Gasteiger charge is 2.07. The van der Waals surface area contributed by atoms with Crippen LogP contribution in [0.3, 0.4) is 0 Å². The first-order valence-corrected chi connectivity index (χ1v) is 5.99. The summed E-state index contributed by atoms with van der Waals surface area (Å²) in [5, 5.41) is 4.36. The fourth-order valence-electron chi connectivity index (χ4n) is 1.88. The molecule has 0 aliphatic rings. The first kappa shape index (κ1) is 12.4. The molecule has 2 rings (SSSR count). The summed E-state index contributed by atoms with van der Waals surface area (Å²) in [6, 6.07) is 3.58. The van der Waals surface area contributed by atoms with Crippen LogP contribution in [0.5, 0.6) is 0 Å². The second kappa shape index (κ2) is 4.68. The average Bonchev–Trinajstić information content (AvgIpc) is 2.67. The van der Waals surface area contributed by atoms with E-state index in [-0.39, 0.29) is 5.56 Å². The molecule has 2 N–H and O–H groups in total. The van der Waals surface area contributed by atoms with Crippen molar-refractivity contribution in [1.82, 2.24) is 14.3 Å². The predicted octanol–water partition coefficient (Wildman–Crippen LogP) is 1.08. The van der Waals surface area contributed by atoms with Crippen molar-refractivity contribution < 1.29 is 0 Å². The van der Waals surface area contributed by atoms with Gasteiger partial charge in [0.15, 0.2) is 0 Å². The van der Waals surface area contributed by atoms with Crippen LogP contribution in [-0.4, -0.2) is 14.3 Å². The van der Waals surface area contributed by atoms with Crippen LogP contribution in [-0.2, 0) is 20.0 Å². The van der Waals surface area contributed by atoms with E-state index >= 15 is 0 Å². The van der Waals surface area contributed by atoms with E-state index in [4.69, 9.17) is 5.73 Å². The number of hydrogen-bond donors (Lipinski definition) is 1. The Morgan fingerprint density at radius 2 is 2.11 bits per heavy atom. The first-order valence-electron chi connectivity index (χ1n) is 5.99. The standard InChI is InChI=1S/C13H18N4O/c1-4-10-6-11(16(3)15-10)7-17-8-12(14)9(2)5-13(17)18/h5-6,8H,4,7,14H2,1-3H3. The minimum atomic E-state index is -0.0408. The molecule has 0 radical (unpaired) electrons. The summed E-state index contributed by atoms with van der Waals surface area (Å²) in [7, 11) is 1.89. The molecule has 96 valence electrons. The highest BCUT2D eigenvalue weighted by atomic mass is 16.1. The number of hydrogen-bond acceptors (Lipinski definition) is 3. The van der Waals surface area contributed by atoms with E-state index in [0.29, 0.717) is 12.2 Å². The lowest BCUT2D eigenvalue weighted by molar-refractivity contribution is 0.649. The van der Waals surface area contributed by atoms with Crippen LogP contribution in [0.2, 0.25) is 0 Å². The van der Waals surface area contributed by atoms with Gasteiger partial charge in [-0.2, -0.15) is 5.10 Å². The zero-order valence-corrected chi connectivity index (χ0v) is 11.0. The molecule has 0 spiro atoms. The van der Waals surface area contributed by atoms with Crippen LogP contribution in [0, 0.1) is 6.92 Å². The summed E-state index contributed by atoms with van der Waals surface area (Å²) in [6.07, 6.45) is 2.58. The number of aromatic nitrogens is 3. The van der Waals surface area contributed by atoms with Crippen LogP contribution < -0.4 is 11.3 Å². The number of nitrogens with zero attached hydrogens (tertiary/aromatic N) is 3. The predicted molar refractivity (Wildman–Crippen MR) is 71.5 cm³/mol. The minimum absolute atomic E-state index is 0.0408. The Labute approximate surface area is 106 Å². The Morgan fingerprint density at radius 3 is 2.72 bits per heavy atom. The summed E-state index contributed by atoms with van der Waals surface area (Å²) < 4.78 is 3.42.